The smallest absolute Gasteiger partial charge is 0.320 e. The maximum absolute atomic E-state index is 11.2. The monoisotopic (exact) mass is 293 g/mol. The number of esters is 1. The summed E-state index contributed by atoms with van der Waals surface area (Å²) < 4.78 is 10.1. The highest BCUT2D eigenvalue weighted by Gasteiger charge is 2.20. The average molecular weight is 294 g/mol. The fourth-order valence-electron chi connectivity index (χ4n) is 1.94. The SMILES string of the molecule is COC(=O)C(Br)CN(C)CC1CCCOC1. The first kappa shape index (κ1) is 13.9. The van der Waals surface area contributed by atoms with E-state index in [-0.39, 0.29) is 10.8 Å². The summed E-state index contributed by atoms with van der Waals surface area (Å²) in [5.74, 6) is 0.378. The van der Waals surface area contributed by atoms with Crippen molar-refractivity contribution >= 4 is 21.9 Å². The minimum absolute atomic E-state index is 0.216. The predicted octanol–water partition coefficient (Wildman–Crippen LogP) is 1.28. The van der Waals surface area contributed by atoms with E-state index in [0.717, 1.165) is 26.2 Å². The van der Waals surface area contributed by atoms with Crippen molar-refractivity contribution in [3.05, 3.63) is 0 Å². The Kier molecular flexibility index (Phi) is 6.31. The Balaban J connectivity index is 2.23. The molecule has 0 saturated carbocycles. The van der Waals surface area contributed by atoms with Gasteiger partial charge in [0.05, 0.1) is 13.7 Å². The zero-order valence-electron chi connectivity index (χ0n) is 9.95. The zero-order chi connectivity index (χ0) is 12.0. The topological polar surface area (TPSA) is 38.8 Å². The summed E-state index contributed by atoms with van der Waals surface area (Å²) in [7, 11) is 3.43. The van der Waals surface area contributed by atoms with Crippen molar-refractivity contribution in [2.45, 2.75) is 17.7 Å². The van der Waals surface area contributed by atoms with E-state index in [1.807, 2.05) is 7.05 Å². The number of methoxy groups -OCH3 is 1. The van der Waals surface area contributed by atoms with E-state index in [9.17, 15) is 4.79 Å². The normalized spacial score (nSPS) is 23.1. The number of carbonyl (C=O) groups excluding carboxylic acids is 1. The second-order valence-electron chi connectivity index (χ2n) is 4.30. The van der Waals surface area contributed by atoms with Crippen molar-refractivity contribution in [2.75, 3.05) is 40.5 Å². The molecule has 1 heterocycles. The van der Waals surface area contributed by atoms with Crippen molar-refractivity contribution in [2.24, 2.45) is 5.92 Å². The fraction of sp³-hybridized carbons (Fsp3) is 0.909. The van der Waals surface area contributed by atoms with Crippen LogP contribution in [0.1, 0.15) is 12.8 Å². The minimum atomic E-state index is -0.244. The summed E-state index contributed by atoms with van der Waals surface area (Å²) in [4.78, 5) is 13.1. The highest BCUT2D eigenvalue weighted by atomic mass is 79.9. The fourth-order valence-corrected chi connectivity index (χ4v) is 2.62. The molecule has 94 valence electrons. The highest BCUT2D eigenvalue weighted by Crippen LogP contribution is 2.15. The average Bonchev–Trinajstić information content (AvgIpc) is 2.29. The molecule has 0 aromatic carbocycles. The molecule has 0 N–H and O–H groups in total. The highest BCUT2D eigenvalue weighted by molar-refractivity contribution is 9.10. The molecule has 16 heavy (non-hydrogen) atoms. The van der Waals surface area contributed by atoms with Crippen LogP contribution in [0.5, 0.6) is 0 Å². The third-order valence-corrected chi connectivity index (χ3v) is 3.42. The molecule has 0 bridgehead atoms. The molecule has 0 aromatic rings. The van der Waals surface area contributed by atoms with Crippen LogP contribution in [0.25, 0.3) is 0 Å². The Hall–Kier alpha value is -0.130. The lowest BCUT2D eigenvalue weighted by atomic mass is 10.0. The van der Waals surface area contributed by atoms with Gasteiger partial charge in [-0.25, -0.2) is 0 Å². The molecule has 0 amide bonds. The molecular weight excluding hydrogens is 274 g/mol. The van der Waals surface area contributed by atoms with E-state index in [4.69, 9.17) is 4.74 Å². The third kappa shape index (κ3) is 4.80. The van der Waals surface area contributed by atoms with Crippen LogP contribution in [-0.2, 0) is 14.3 Å². The number of ether oxygens (including phenoxy) is 2. The molecule has 0 aliphatic carbocycles. The molecule has 1 saturated heterocycles. The Morgan fingerprint density at radius 3 is 3.00 bits per heavy atom. The molecule has 1 aliphatic rings. The Labute approximate surface area is 105 Å². The van der Waals surface area contributed by atoms with E-state index < -0.39 is 0 Å². The number of rotatable bonds is 5. The molecular formula is C11H20BrNO3. The van der Waals surface area contributed by atoms with Crippen molar-refractivity contribution in [1.82, 2.24) is 4.90 Å². The van der Waals surface area contributed by atoms with Gasteiger partial charge >= 0.3 is 5.97 Å². The van der Waals surface area contributed by atoms with Gasteiger partial charge in [0, 0.05) is 19.7 Å². The van der Waals surface area contributed by atoms with Gasteiger partial charge in [0.15, 0.2) is 0 Å². The van der Waals surface area contributed by atoms with Crippen LogP contribution < -0.4 is 0 Å². The van der Waals surface area contributed by atoms with Gasteiger partial charge in [-0.15, -0.1) is 0 Å². The second kappa shape index (κ2) is 7.25. The van der Waals surface area contributed by atoms with Crippen LogP contribution in [0, 0.1) is 5.92 Å². The number of nitrogens with zero attached hydrogens (tertiary/aromatic N) is 1. The van der Waals surface area contributed by atoms with Gasteiger partial charge in [0.25, 0.3) is 0 Å². The van der Waals surface area contributed by atoms with Gasteiger partial charge in [-0.2, -0.15) is 0 Å². The predicted molar refractivity (Wildman–Crippen MR) is 65.8 cm³/mol. The lowest BCUT2D eigenvalue weighted by Crippen LogP contribution is -2.36. The van der Waals surface area contributed by atoms with Crippen molar-refractivity contribution in [1.29, 1.82) is 0 Å². The van der Waals surface area contributed by atoms with E-state index in [1.54, 1.807) is 0 Å². The first-order chi connectivity index (χ1) is 7.63. The molecule has 2 atom stereocenters. The summed E-state index contributed by atoms with van der Waals surface area (Å²) in [6, 6.07) is 0. The third-order valence-electron chi connectivity index (χ3n) is 2.75. The molecule has 0 radical (unpaired) electrons. The first-order valence-corrected chi connectivity index (χ1v) is 6.53. The second-order valence-corrected chi connectivity index (χ2v) is 5.40. The van der Waals surface area contributed by atoms with Crippen LogP contribution in [0.3, 0.4) is 0 Å². The van der Waals surface area contributed by atoms with Crippen molar-refractivity contribution in [3.8, 4) is 0 Å². The lowest BCUT2D eigenvalue weighted by Gasteiger charge is -2.27. The quantitative estimate of drug-likeness (QED) is 0.565. The minimum Gasteiger partial charge on any atom is -0.468 e. The molecule has 0 spiro atoms. The molecule has 1 aliphatic heterocycles. The summed E-state index contributed by atoms with van der Waals surface area (Å²) in [6.07, 6.45) is 2.36. The molecule has 1 rings (SSSR count). The van der Waals surface area contributed by atoms with Crippen molar-refractivity contribution in [3.63, 3.8) is 0 Å². The number of hydrogen-bond donors (Lipinski definition) is 0. The van der Waals surface area contributed by atoms with Crippen LogP contribution in [-0.4, -0.2) is 56.2 Å². The standard InChI is InChI=1S/C11H20BrNO3/c1-13(7-10(12)11(14)15-2)6-9-4-3-5-16-8-9/h9-10H,3-8H2,1-2H3. The van der Waals surface area contributed by atoms with E-state index in [1.165, 1.54) is 13.5 Å². The van der Waals surface area contributed by atoms with Gasteiger partial charge in [0.2, 0.25) is 0 Å². The molecule has 2 unspecified atom stereocenters. The van der Waals surface area contributed by atoms with Crippen LogP contribution in [0.2, 0.25) is 0 Å². The zero-order valence-corrected chi connectivity index (χ0v) is 11.5. The van der Waals surface area contributed by atoms with Crippen LogP contribution in [0.15, 0.2) is 0 Å². The Bertz CT molecular complexity index is 219. The Morgan fingerprint density at radius 1 is 1.69 bits per heavy atom. The molecule has 0 aromatic heterocycles. The maximum atomic E-state index is 11.2. The number of alkyl halides is 1. The van der Waals surface area contributed by atoms with Gasteiger partial charge in [-0.1, -0.05) is 15.9 Å². The number of carbonyl (C=O) groups is 1. The summed E-state index contributed by atoms with van der Waals surface area (Å²) in [6.45, 7) is 3.38. The van der Waals surface area contributed by atoms with Gasteiger partial charge in [-0.05, 0) is 25.8 Å². The van der Waals surface area contributed by atoms with Gasteiger partial charge < -0.3 is 14.4 Å². The summed E-state index contributed by atoms with van der Waals surface area (Å²) in [5, 5.41) is 0. The Morgan fingerprint density at radius 2 is 2.44 bits per heavy atom. The largest absolute Gasteiger partial charge is 0.468 e. The van der Waals surface area contributed by atoms with E-state index >= 15 is 0 Å². The van der Waals surface area contributed by atoms with Crippen LogP contribution >= 0.6 is 15.9 Å². The first-order valence-electron chi connectivity index (χ1n) is 5.61. The lowest BCUT2D eigenvalue weighted by molar-refractivity contribution is -0.140. The summed E-state index contributed by atoms with van der Waals surface area (Å²) >= 11 is 3.32. The van der Waals surface area contributed by atoms with E-state index in [2.05, 4.69) is 25.6 Å². The van der Waals surface area contributed by atoms with Gasteiger partial charge in [-0.3, -0.25) is 4.79 Å². The number of halogens is 1. The summed E-state index contributed by atoms with van der Waals surface area (Å²) in [5.41, 5.74) is 0. The molecule has 4 nitrogen and oxygen atoms in total. The van der Waals surface area contributed by atoms with Crippen molar-refractivity contribution < 1.29 is 14.3 Å². The van der Waals surface area contributed by atoms with Gasteiger partial charge in [0.1, 0.15) is 4.83 Å². The number of hydrogen-bond acceptors (Lipinski definition) is 4. The van der Waals surface area contributed by atoms with E-state index in [0.29, 0.717) is 12.5 Å². The molecule has 5 heteroatoms. The molecule has 1 fully saturated rings. The van der Waals surface area contributed by atoms with Crippen LogP contribution in [0.4, 0.5) is 0 Å². The maximum Gasteiger partial charge on any atom is 0.320 e.